The van der Waals surface area contributed by atoms with Gasteiger partial charge in [0.1, 0.15) is 67.1 Å². The normalized spacial score (nSPS) is 55.7. The Morgan fingerprint density at radius 1 is 0.682 bits per heavy atom. The molecule has 11 N–H and O–H groups in total. The summed E-state index contributed by atoms with van der Waals surface area (Å²) in [5.41, 5.74) is -0.977. The highest BCUT2D eigenvalue weighted by Crippen LogP contribution is 2.77. The maximum Gasteiger partial charge on any atom is 0.314 e. The van der Waals surface area contributed by atoms with E-state index in [4.69, 9.17) is 28.4 Å². The molecule has 0 spiro atoms. The summed E-state index contributed by atoms with van der Waals surface area (Å²) in [6.45, 7) is 18.0. The predicted molar refractivity (Wildman–Crippen MR) is 230 cm³/mol. The van der Waals surface area contributed by atoms with Gasteiger partial charge in [0.05, 0.1) is 36.9 Å². The number of hydrogen-bond donors (Lipinski definition) is 11. The van der Waals surface area contributed by atoms with E-state index in [2.05, 4.69) is 41.2 Å². The smallest absolute Gasteiger partial charge is 0.314 e. The summed E-state index contributed by atoms with van der Waals surface area (Å²) >= 11 is 0. The van der Waals surface area contributed by atoms with E-state index in [-0.39, 0.29) is 51.2 Å². The minimum absolute atomic E-state index is 0.00836. The number of aliphatic hydroxyl groups is 11. The molecular weight excluding hydrogens is 865 g/mol. The standard InChI is InChI=1S/C48H78O18/c1-20(2)22-9-14-48(16-15-46(7)23(29(22)48)17-24(50)39-45(6)12-11-28(51)44(4,5)27(45)10-13-47(39,46)8)43(60)66-41-37(59)34(56)38(21(3)62-41)65-42-36(58)33(55)31(53)26(64-42)19-61-40-35(57)32(54)30(52)25(18-49)63-40/h21-42,49-59H,1,9-19H2,2-8H3. The lowest BCUT2D eigenvalue weighted by atomic mass is 9.31. The Labute approximate surface area is 387 Å². The number of aliphatic hydroxyl groups excluding tert-OH is 11. The minimum atomic E-state index is -1.87. The average Bonchev–Trinajstić information content (AvgIpc) is 3.67. The van der Waals surface area contributed by atoms with Gasteiger partial charge in [-0.1, -0.05) is 46.8 Å². The van der Waals surface area contributed by atoms with Crippen molar-refractivity contribution in [2.75, 3.05) is 13.2 Å². The maximum atomic E-state index is 14.9. The van der Waals surface area contributed by atoms with Crippen LogP contribution in [0, 0.1) is 56.7 Å². The third-order valence-corrected chi connectivity index (χ3v) is 19.6. The number of rotatable bonds is 9. The lowest BCUT2D eigenvalue weighted by molar-refractivity contribution is -0.360. The van der Waals surface area contributed by atoms with Crippen LogP contribution in [0.3, 0.4) is 0 Å². The Morgan fingerprint density at radius 2 is 1.30 bits per heavy atom. The van der Waals surface area contributed by atoms with Crippen molar-refractivity contribution in [2.24, 2.45) is 56.7 Å². The Morgan fingerprint density at radius 3 is 1.95 bits per heavy atom. The van der Waals surface area contributed by atoms with Crippen LogP contribution in [0.5, 0.6) is 0 Å². The number of ether oxygens (including phenoxy) is 6. The molecule has 5 aliphatic carbocycles. The second-order valence-electron chi connectivity index (χ2n) is 23.1. The zero-order valence-electron chi connectivity index (χ0n) is 39.5. The maximum absolute atomic E-state index is 14.9. The number of carbonyl (C=O) groups is 1. The van der Waals surface area contributed by atoms with Crippen LogP contribution in [0.15, 0.2) is 12.2 Å². The van der Waals surface area contributed by atoms with Crippen molar-refractivity contribution < 1.29 is 89.4 Å². The molecular formula is C48H78O18. The molecule has 8 aliphatic rings. The number of esters is 1. The van der Waals surface area contributed by atoms with Gasteiger partial charge in [0.25, 0.3) is 0 Å². The van der Waals surface area contributed by atoms with E-state index in [9.17, 15) is 61.0 Å². The summed E-state index contributed by atoms with van der Waals surface area (Å²) in [7, 11) is 0. The van der Waals surface area contributed by atoms with Crippen LogP contribution in [0.4, 0.5) is 0 Å². The topological polar surface area (TPSA) is 295 Å². The molecule has 0 radical (unpaired) electrons. The molecule has 8 rings (SSSR count). The van der Waals surface area contributed by atoms with Gasteiger partial charge in [-0.25, -0.2) is 0 Å². The molecule has 66 heavy (non-hydrogen) atoms. The SMILES string of the molecule is C=C(C)C1CCC2(C(=O)OC3OC(C)C(OC4OC(COC5OC(CO)C(O)C(O)C5O)C(O)C(O)C4O)C(O)C3O)CCC3(C)C(CC(O)C4C5(C)CCC(O)C(C)(C)C5CCC43C)C12. The van der Waals surface area contributed by atoms with Crippen molar-refractivity contribution in [3.8, 4) is 0 Å². The lowest BCUT2D eigenvalue weighted by Crippen LogP contribution is -2.70. The zero-order valence-corrected chi connectivity index (χ0v) is 39.5. The first-order chi connectivity index (χ1) is 30.8. The highest BCUT2D eigenvalue weighted by molar-refractivity contribution is 5.78. The second kappa shape index (κ2) is 18.0. The second-order valence-corrected chi connectivity index (χ2v) is 23.1. The van der Waals surface area contributed by atoms with Crippen molar-refractivity contribution in [3.63, 3.8) is 0 Å². The molecule has 0 amide bonds. The van der Waals surface area contributed by atoms with Crippen LogP contribution in [0.2, 0.25) is 0 Å². The third-order valence-electron chi connectivity index (χ3n) is 19.6. The molecule has 3 heterocycles. The van der Waals surface area contributed by atoms with Crippen LogP contribution in [0.25, 0.3) is 0 Å². The zero-order chi connectivity index (χ0) is 48.4. The number of fused-ring (bicyclic) bond motifs is 7. The molecule has 0 aromatic carbocycles. The fourth-order valence-corrected chi connectivity index (χ4v) is 15.8. The van der Waals surface area contributed by atoms with Gasteiger partial charge in [-0.15, -0.1) is 0 Å². The van der Waals surface area contributed by atoms with Gasteiger partial charge in [-0.2, -0.15) is 0 Å². The summed E-state index contributed by atoms with van der Waals surface area (Å²) in [4.78, 5) is 14.9. The third kappa shape index (κ3) is 7.69. The van der Waals surface area contributed by atoms with Crippen molar-refractivity contribution in [2.45, 2.75) is 211 Å². The van der Waals surface area contributed by atoms with E-state index < -0.39 is 129 Å². The number of carbonyl (C=O) groups excluding carboxylic acids is 1. The van der Waals surface area contributed by atoms with E-state index in [1.165, 1.54) is 6.92 Å². The summed E-state index contributed by atoms with van der Waals surface area (Å²) < 4.78 is 34.8. The number of hydrogen-bond acceptors (Lipinski definition) is 18. The molecule has 378 valence electrons. The Balaban J connectivity index is 0.964. The Kier molecular flexibility index (Phi) is 13.9. The molecule has 0 aromatic rings. The quantitative estimate of drug-likeness (QED) is 0.107. The van der Waals surface area contributed by atoms with Crippen LogP contribution in [-0.4, -0.2) is 180 Å². The van der Waals surface area contributed by atoms with E-state index in [1.807, 2.05) is 6.92 Å². The first kappa shape index (κ1) is 50.9. The van der Waals surface area contributed by atoms with Crippen LogP contribution < -0.4 is 0 Å². The summed E-state index contributed by atoms with van der Waals surface area (Å²) in [6.07, 6.45) is -19.1. The fourth-order valence-electron chi connectivity index (χ4n) is 15.8. The van der Waals surface area contributed by atoms with Crippen molar-refractivity contribution in [3.05, 3.63) is 12.2 Å². The van der Waals surface area contributed by atoms with Crippen molar-refractivity contribution in [1.82, 2.24) is 0 Å². The molecule has 0 aromatic heterocycles. The Hall–Kier alpha value is -1.43. The van der Waals surface area contributed by atoms with Gasteiger partial charge in [0, 0.05) is 0 Å². The Bertz CT molecular complexity index is 1780. The minimum Gasteiger partial charge on any atom is -0.432 e. The van der Waals surface area contributed by atoms with Crippen molar-refractivity contribution in [1.29, 1.82) is 0 Å². The molecule has 3 aliphatic heterocycles. The molecule has 5 saturated carbocycles. The van der Waals surface area contributed by atoms with Gasteiger partial charge in [0.2, 0.25) is 6.29 Å². The first-order valence-electron chi connectivity index (χ1n) is 24.3. The molecule has 3 saturated heterocycles. The van der Waals surface area contributed by atoms with Crippen LogP contribution >= 0.6 is 0 Å². The van der Waals surface area contributed by atoms with E-state index in [0.29, 0.717) is 32.1 Å². The predicted octanol–water partition coefficient (Wildman–Crippen LogP) is -0.00520. The molecule has 0 bridgehead atoms. The average molecular weight is 943 g/mol. The van der Waals surface area contributed by atoms with E-state index in [0.717, 1.165) is 31.3 Å². The van der Waals surface area contributed by atoms with Gasteiger partial charge < -0.3 is 84.6 Å². The molecule has 18 heteroatoms. The summed E-state index contributed by atoms with van der Waals surface area (Å²) in [5, 5.41) is 119. The van der Waals surface area contributed by atoms with E-state index in [1.54, 1.807) is 0 Å². The summed E-state index contributed by atoms with van der Waals surface area (Å²) in [5.74, 6) is -0.577. The molecule has 26 unspecified atom stereocenters. The number of allylic oxidation sites excluding steroid dienone is 1. The van der Waals surface area contributed by atoms with Gasteiger partial charge >= 0.3 is 5.97 Å². The van der Waals surface area contributed by atoms with Gasteiger partial charge in [-0.3, -0.25) is 4.79 Å². The summed E-state index contributed by atoms with van der Waals surface area (Å²) in [6, 6.07) is 0. The van der Waals surface area contributed by atoms with Crippen molar-refractivity contribution >= 4 is 5.97 Å². The van der Waals surface area contributed by atoms with Crippen LogP contribution in [-0.2, 0) is 33.2 Å². The highest BCUT2D eigenvalue weighted by atomic mass is 16.8. The fraction of sp³-hybridized carbons (Fsp3) is 0.938. The van der Waals surface area contributed by atoms with E-state index >= 15 is 0 Å². The van der Waals surface area contributed by atoms with Gasteiger partial charge in [-0.05, 0) is 123 Å². The monoisotopic (exact) mass is 943 g/mol. The largest absolute Gasteiger partial charge is 0.432 e. The van der Waals surface area contributed by atoms with Crippen LogP contribution in [0.1, 0.15) is 106 Å². The lowest BCUT2D eigenvalue weighted by Gasteiger charge is -2.73. The van der Waals surface area contributed by atoms with Gasteiger partial charge in [0.15, 0.2) is 12.6 Å². The first-order valence-corrected chi connectivity index (χ1v) is 24.3. The molecule has 8 fully saturated rings. The highest BCUT2D eigenvalue weighted by Gasteiger charge is 2.74. The molecule has 18 nitrogen and oxygen atoms in total. The molecule has 26 atom stereocenters.